The molecule has 0 aliphatic heterocycles. The number of para-hydroxylation sites is 1. The van der Waals surface area contributed by atoms with Crippen molar-refractivity contribution in [2.24, 2.45) is 10.3 Å². The van der Waals surface area contributed by atoms with Gasteiger partial charge in [-0.2, -0.15) is 5.10 Å². The van der Waals surface area contributed by atoms with Crippen molar-refractivity contribution in [1.29, 1.82) is 0 Å². The maximum Gasteiger partial charge on any atom is 0.279 e. The smallest absolute Gasteiger partial charge is 0.279 e. The maximum absolute atomic E-state index is 12.2. The number of benzene rings is 2. The molecule has 6 nitrogen and oxygen atoms in total. The molecule has 0 bridgehead atoms. The lowest BCUT2D eigenvalue weighted by atomic mass is 10.2. The second-order valence-electron chi connectivity index (χ2n) is 5.13. The molecule has 0 unspecified atom stereocenters. The molecule has 0 aromatic heterocycles. The van der Waals surface area contributed by atoms with Crippen LogP contribution in [0.4, 0.5) is 11.4 Å². The maximum atomic E-state index is 12.2. The number of hydrogen-bond donors (Lipinski definition) is 3. The Kier molecular flexibility index (Phi) is 6.08. The van der Waals surface area contributed by atoms with E-state index in [0.29, 0.717) is 5.69 Å². The van der Waals surface area contributed by atoms with Crippen LogP contribution in [0.3, 0.4) is 0 Å². The number of nitrogens with zero attached hydrogens (tertiary/aromatic N) is 2. The minimum absolute atomic E-state index is 0.156. The molecule has 0 aliphatic rings. The molecule has 0 fully saturated rings. The van der Waals surface area contributed by atoms with Gasteiger partial charge < -0.3 is 10.5 Å². The van der Waals surface area contributed by atoms with E-state index >= 15 is 0 Å². The van der Waals surface area contributed by atoms with E-state index in [-0.39, 0.29) is 11.4 Å². The molecule has 0 aliphatic carbocycles. The normalized spacial score (nSPS) is 11.9. The van der Waals surface area contributed by atoms with Crippen molar-refractivity contribution in [3.63, 3.8) is 0 Å². The first-order chi connectivity index (χ1) is 11.6. The highest BCUT2D eigenvalue weighted by atomic mass is 16.4. The Morgan fingerprint density at radius 1 is 1.04 bits per heavy atom. The van der Waals surface area contributed by atoms with Crippen LogP contribution in [-0.2, 0) is 11.2 Å². The number of hydrogen-bond acceptors (Lipinski definition) is 5. The predicted molar refractivity (Wildman–Crippen MR) is 96.8 cm³/mol. The number of amides is 1. The van der Waals surface area contributed by atoms with Crippen molar-refractivity contribution in [3.8, 4) is 0 Å². The first-order valence-corrected chi connectivity index (χ1v) is 7.62. The van der Waals surface area contributed by atoms with E-state index in [9.17, 15) is 4.79 Å². The first kappa shape index (κ1) is 17.2. The average molecular weight is 324 g/mol. The Morgan fingerprint density at radius 2 is 1.71 bits per heavy atom. The molecule has 24 heavy (non-hydrogen) atoms. The van der Waals surface area contributed by atoms with E-state index in [0.717, 1.165) is 12.1 Å². The van der Waals surface area contributed by atoms with E-state index in [4.69, 9.17) is 5.21 Å². The molecule has 0 heterocycles. The van der Waals surface area contributed by atoms with Gasteiger partial charge in [0.15, 0.2) is 5.71 Å². The van der Waals surface area contributed by atoms with Gasteiger partial charge in [-0.15, -0.1) is 0 Å². The number of aryl methyl sites for hydroxylation is 1. The molecule has 0 saturated heterocycles. The molecule has 0 saturated carbocycles. The number of anilines is 2. The average Bonchev–Trinajstić information content (AvgIpc) is 2.62. The Labute approximate surface area is 140 Å². The van der Waals surface area contributed by atoms with Crippen LogP contribution >= 0.6 is 0 Å². The van der Waals surface area contributed by atoms with Gasteiger partial charge >= 0.3 is 0 Å². The Hall–Kier alpha value is -3.15. The van der Waals surface area contributed by atoms with Gasteiger partial charge in [-0.1, -0.05) is 42.4 Å². The lowest BCUT2D eigenvalue weighted by Crippen LogP contribution is -2.29. The summed E-state index contributed by atoms with van der Waals surface area (Å²) in [6.07, 6.45) is 0.962. The number of hydrazone groups is 1. The van der Waals surface area contributed by atoms with E-state index in [1.165, 1.54) is 5.56 Å². The van der Waals surface area contributed by atoms with Crippen molar-refractivity contribution in [3.05, 3.63) is 60.2 Å². The molecule has 2 aromatic rings. The highest BCUT2D eigenvalue weighted by Crippen LogP contribution is 2.10. The Bertz CT molecular complexity index is 737. The van der Waals surface area contributed by atoms with Crippen LogP contribution in [0.15, 0.2) is 64.9 Å². The minimum Gasteiger partial charge on any atom is -0.410 e. The summed E-state index contributed by atoms with van der Waals surface area (Å²) in [5, 5.41) is 18.9. The summed E-state index contributed by atoms with van der Waals surface area (Å²) < 4.78 is 0. The van der Waals surface area contributed by atoms with Gasteiger partial charge in [-0.3, -0.25) is 10.2 Å². The summed E-state index contributed by atoms with van der Waals surface area (Å²) in [7, 11) is 0. The van der Waals surface area contributed by atoms with Crippen LogP contribution in [0.1, 0.15) is 19.4 Å². The van der Waals surface area contributed by atoms with Crippen molar-refractivity contribution < 1.29 is 10.0 Å². The first-order valence-electron chi connectivity index (χ1n) is 7.62. The molecule has 0 atom stereocenters. The van der Waals surface area contributed by atoms with Gasteiger partial charge in [0.25, 0.3) is 5.91 Å². The van der Waals surface area contributed by atoms with E-state index in [2.05, 4.69) is 27.9 Å². The van der Waals surface area contributed by atoms with Gasteiger partial charge in [0.2, 0.25) is 0 Å². The molecule has 2 aromatic carbocycles. The highest BCUT2D eigenvalue weighted by molar-refractivity contribution is 6.68. The second kappa shape index (κ2) is 8.47. The van der Waals surface area contributed by atoms with Gasteiger partial charge in [-0.25, -0.2) is 0 Å². The van der Waals surface area contributed by atoms with Gasteiger partial charge in [-0.05, 0) is 43.2 Å². The van der Waals surface area contributed by atoms with Crippen LogP contribution < -0.4 is 10.7 Å². The molecular formula is C18H20N4O2. The van der Waals surface area contributed by atoms with Crippen LogP contribution in [0.2, 0.25) is 0 Å². The zero-order chi connectivity index (χ0) is 17.4. The summed E-state index contributed by atoms with van der Waals surface area (Å²) in [6, 6.07) is 16.7. The van der Waals surface area contributed by atoms with Gasteiger partial charge in [0, 0.05) is 5.69 Å². The number of oxime groups is 1. The molecule has 0 spiro atoms. The fourth-order valence-corrected chi connectivity index (χ4v) is 2.01. The van der Waals surface area contributed by atoms with Crippen LogP contribution in [0.25, 0.3) is 0 Å². The monoisotopic (exact) mass is 324 g/mol. The lowest BCUT2D eigenvalue weighted by Gasteiger charge is -2.07. The van der Waals surface area contributed by atoms with Crippen LogP contribution in [0, 0.1) is 0 Å². The quantitative estimate of drug-likeness (QED) is 0.432. The lowest BCUT2D eigenvalue weighted by molar-refractivity contribution is -0.110. The molecule has 1 amide bonds. The van der Waals surface area contributed by atoms with Crippen molar-refractivity contribution >= 4 is 28.7 Å². The van der Waals surface area contributed by atoms with E-state index in [1.54, 1.807) is 31.2 Å². The standard InChI is InChI=1S/C18H20N4O2/c1-3-14-9-11-16(12-10-14)21-20-13(2)17(22-24)18(23)19-15-7-5-4-6-8-15/h4-12,21,24H,3H2,1-2H3,(H,19,23)/b20-13-,22-17+. The molecule has 3 N–H and O–H groups in total. The minimum atomic E-state index is -0.534. The predicted octanol–water partition coefficient (Wildman–Crippen LogP) is 3.51. The zero-order valence-corrected chi connectivity index (χ0v) is 13.7. The molecule has 0 radical (unpaired) electrons. The summed E-state index contributed by atoms with van der Waals surface area (Å²) in [6.45, 7) is 3.67. The Balaban J connectivity index is 2.04. The fourth-order valence-electron chi connectivity index (χ4n) is 2.01. The fraction of sp³-hybridized carbons (Fsp3) is 0.167. The third kappa shape index (κ3) is 4.67. The van der Waals surface area contributed by atoms with Crippen LogP contribution in [-0.4, -0.2) is 22.5 Å². The molecule has 124 valence electrons. The summed E-state index contributed by atoms with van der Waals surface area (Å²) >= 11 is 0. The van der Waals surface area contributed by atoms with Crippen LogP contribution in [0.5, 0.6) is 0 Å². The number of rotatable bonds is 6. The topological polar surface area (TPSA) is 86.1 Å². The summed E-state index contributed by atoms with van der Waals surface area (Å²) in [5.74, 6) is -0.534. The molecule has 2 rings (SSSR count). The number of nitrogens with one attached hydrogen (secondary N) is 2. The van der Waals surface area contributed by atoms with E-state index < -0.39 is 5.91 Å². The SMILES string of the molecule is CCc1ccc(N/N=C(C)\C(=N/O)C(=O)Nc2ccccc2)cc1. The number of carbonyl (C=O) groups is 1. The third-order valence-electron chi connectivity index (χ3n) is 3.40. The van der Waals surface area contributed by atoms with Crippen molar-refractivity contribution in [1.82, 2.24) is 0 Å². The third-order valence-corrected chi connectivity index (χ3v) is 3.40. The van der Waals surface area contributed by atoms with Crippen molar-refractivity contribution in [2.45, 2.75) is 20.3 Å². The number of carbonyl (C=O) groups excluding carboxylic acids is 1. The largest absolute Gasteiger partial charge is 0.410 e. The van der Waals surface area contributed by atoms with Gasteiger partial charge in [0.05, 0.1) is 11.4 Å². The van der Waals surface area contributed by atoms with Crippen molar-refractivity contribution in [2.75, 3.05) is 10.7 Å². The molecular weight excluding hydrogens is 304 g/mol. The Morgan fingerprint density at radius 3 is 2.29 bits per heavy atom. The second-order valence-corrected chi connectivity index (χ2v) is 5.13. The van der Waals surface area contributed by atoms with Gasteiger partial charge in [0.1, 0.15) is 0 Å². The molecule has 6 heteroatoms. The summed E-state index contributed by atoms with van der Waals surface area (Å²) in [5.41, 5.74) is 5.58. The van der Waals surface area contributed by atoms with E-state index in [1.807, 2.05) is 30.3 Å². The zero-order valence-electron chi connectivity index (χ0n) is 13.7. The highest BCUT2D eigenvalue weighted by Gasteiger charge is 2.16. The summed E-state index contributed by atoms with van der Waals surface area (Å²) in [4.78, 5) is 12.2.